The number of hydrogen-bond donors (Lipinski definition) is 1. The molecule has 0 aliphatic carbocycles. The van der Waals surface area contributed by atoms with Gasteiger partial charge in [0.1, 0.15) is 10.8 Å². The summed E-state index contributed by atoms with van der Waals surface area (Å²) in [5.74, 6) is -0.488. The SMILES string of the molecule is CC(C)(C)OC(=O)N1CCC(C(N)=O)(c2cncc(Cl)n2)CC1. The van der Waals surface area contributed by atoms with Gasteiger partial charge in [-0.3, -0.25) is 9.78 Å². The molecule has 0 bridgehead atoms. The number of aromatic nitrogens is 2. The van der Waals surface area contributed by atoms with Crippen LogP contribution in [0.2, 0.25) is 5.15 Å². The number of likely N-dealkylation sites (tertiary alicyclic amines) is 1. The second kappa shape index (κ2) is 6.31. The number of amides is 2. The third-order valence-corrected chi connectivity index (χ3v) is 4.02. The number of hydrogen-bond acceptors (Lipinski definition) is 5. The van der Waals surface area contributed by atoms with Gasteiger partial charge in [0.05, 0.1) is 17.3 Å². The van der Waals surface area contributed by atoms with Crippen molar-refractivity contribution in [2.45, 2.75) is 44.6 Å². The molecule has 2 rings (SSSR count). The Bertz CT molecular complexity index is 607. The Morgan fingerprint density at radius 2 is 1.91 bits per heavy atom. The number of carbonyl (C=O) groups excluding carboxylic acids is 2. The van der Waals surface area contributed by atoms with Crippen LogP contribution >= 0.6 is 11.6 Å². The van der Waals surface area contributed by atoms with E-state index in [0.29, 0.717) is 31.6 Å². The molecule has 1 fully saturated rings. The van der Waals surface area contributed by atoms with E-state index in [2.05, 4.69) is 9.97 Å². The first kappa shape index (κ1) is 17.5. The molecule has 0 aromatic carbocycles. The predicted molar refractivity (Wildman–Crippen MR) is 85.0 cm³/mol. The molecule has 2 heterocycles. The summed E-state index contributed by atoms with van der Waals surface area (Å²) >= 11 is 5.87. The molecule has 23 heavy (non-hydrogen) atoms. The molecular formula is C15H21ClN4O3. The van der Waals surface area contributed by atoms with Gasteiger partial charge >= 0.3 is 6.09 Å². The van der Waals surface area contributed by atoms with Crippen LogP contribution in [0, 0.1) is 0 Å². The molecular weight excluding hydrogens is 320 g/mol. The van der Waals surface area contributed by atoms with Crippen LogP contribution in [-0.2, 0) is 14.9 Å². The number of piperidine rings is 1. The first-order valence-corrected chi connectivity index (χ1v) is 7.78. The van der Waals surface area contributed by atoms with Crippen LogP contribution in [0.4, 0.5) is 4.79 Å². The summed E-state index contributed by atoms with van der Waals surface area (Å²) in [6.45, 7) is 6.14. The quantitative estimate of drug-likeness (QED) is 0.886. The molecule has 1 aromatic heterocycles. The van der Waals surface area contributed by atoms with Crippen LogP contribution in [-0.4, -0.2) is 45.6 Å². The molecule has 8 heteroatoms. The first-order chi connectivity index (χ1) is 10.6. The summed E-state index contributed by atoms with van der Waals surface area (Å²) in [5, 5.41) is 0.206. The zero-order valence-electron chi connectivity index (χ0n) is 13.5. The molecule has 0 atom stereocenters. The number of nitrogens with zero attached hydrogens (tertiary/aromatic N) is 3. The highest BCUT2D eigenvalue weighted by Gasteiger charge is 2.44. The molecule has 1 aromatic rings. The third kappa shape index (κ3) is 3.90. The Morgan fingerprint density at radius 3 is 2.39 bits per heavy atom. The van der Waals surface area contributed by atoms with Crippen molar-refractivity contribution in [3.8, 4) is 0 Å². The van der Waals surface area contributed by atoms with Crippen molar-refractivity contribution in [1.29, 1.82) is 0 Å². The van der Waals surface area contributed by atoms with Gasteiger partial charge in [-0.25, -0.2) is 9.78 Å². The lowest BCUT2D eigenvalue weighted by atomic mass is 9.75. The van der Waals surface area contributed by atoms with Gasteiger partial charge in [0, 0.05) is 19.3 Å². The molecule has 1 aliphatic heterocycles. The van der Waals surface area contributed by atoms with Crippen LogP contribution in [0.15, 0.2) is 12.4 Å². The van der Waals surface area contributed by atoms with Gasteiger partial charge in [-0.15, -0.1) is 0 Å². The van der Waals surface area contributed by atoms with Crippen LogP contribution in [0.25, 0.3) is 0 Å². The zero-order chi connectivity index (χ0) is 17.3. The maximum absolute atomic E-state index is 12.1. The molecule has 0 unspecified atom stereocenters. The van der Waals surface area contributed by atoms with Crippen LogP contribution in [0.3, 0.4) is 0 Å². The van der Waals surface area contributed by atoms with Crippen molar-refractivity contribution >= 4 is 23.6 Å². The molecule has 1 aliphatic rings. The maximum atomic E-state index is 12.1. The Morgan fingerprint density at radius 1 is 1.30 bits per heavy atom. The van der Waals surface area contributed by atoms with E-state index < -0.39 is 23.0 Å². The Kier molecular flexibility index (Phi) is 4.79. The van der Waals surface area contributed by atoms with Crippen LogP contribution < -0.4 is 5.73 Å². The highest BCUT2D eigenvalue weighted by molar-refractivity contribution is 6.29. The van der Waals surface area contributed by atoms with Gasteiger partial charge in [0.2, 0.25) is 5.91 Å². The maximum Gasteiger partial charge on any atom is 0.410 e. The van der Waals surface area contributed by atoms with E-state index in [9.17, 15) is 9.59 Å². The smallest absolute Gasteiger partial charge is 0.410 e. The van der Waals surface area contributed by atoms with Crippen LogP contribution in [0.5, 0.6) is 0 Å². The predicted octanol–water partition coefficient (Wildman–Crippen LogP) is 1.88. The third-order valence-electron chi connectivity index (χ3n) is 3.84. The topological polar surface area (TPSA) is 98.4 Å². The monoisotopic (exact) mass is 340 g/mol. The summed E-state index contributed by atoms with van der Waals surface area (Å²) in [5.41, 5.74) is 4.55. The van der Waals surface area contributed by atoms with Gasteiger partial charge in [0.15, 0.2) is 0 Å². The highest BCUT2D eigenvalue weighted by atomic mass is 35.5. The number of carbonyl (C=O) groups is 2. The van der Waals surface area contributed by atoms with Crippen molar-refractivity contribution in [1.82, 2.24) is 14.9 Å². The van der Waals surface area contributed by atoms with Crippen molar-refractivity contribution in [3.05, 3.63) is 23.2 Å². The number of nitrogens with two attached hydrogens (primary N) is 1. The molecule has 126 valence electrons. The van der Waals surface area contributed by atoms with E-state index in [4.69, 9.17) is 22.1 Å². The van der Waals surface area contributed by atoms with E-state index in [0.717, 1.165) is 0 Å². The van der Waals surface area contributed by atoms with Gasteiger partial charge < -0.3 is 15.4 Å². The molecule has 2 amide bonds. The lowest BCUT2D eigenvalue weighted by Crippen LogP contribution is -2.52. The lowest BCUT2D eigenvalue weighted by Gasteiger charge is -2.39. The molecule has 1 saturated heterocycles. The normalized spacial score (nSPS) is 17.7. The standard InChI is InChI=1S/C15H21ClN4O3/c1-14(2,3)23-13(22)20-6-4-15(5-7-20,12(17)21)10-8-18-9-11(16)19-10/h8-9H,4-7H2,1-3H3,(H2,17,21). The van der Waals surface area contributed by atoms with Gasteiger partial charge in [-0.1, -0.05) is 11.6 Å². The van der Waals surface area contributed by atoms with E-state index in [1.165, 1.54) is 12.4 Å². The largest absolute Gasteiger partial charge is 0.444 e. The van der Waals surface area contributed by atoms with Crippen molar-refractivity contribution in [2.24, 2.45) is 5.73 Å². The van der Waals surface area contributed by atoms with Crippen LogP contribution in [0.1, 0.15) is 39.3 Å². The van der Waals surface area contributed by atoms with E-state index >= 15 is 0 Å². The van der Waals surface area contributed by atoms with E-state index in [1.54, 1.807) is 4.90 Å². The Hall–Kier alpha value is -1.89. The first-order valence-electron chi connectivity index (χ1n) is 7.40. The second-order valence-electron chi connectivity index (χ2n) is 6.64. The van der Waals surface area contributed by atoms with Crippen molar-refractivity contribution in [3.63, 3.8) is 0 Å². The van der Waals surface area contributed by atoms with E-state index in [-0.39, 0.29) is 5.15 Å². The lowest BCUT2D eigenvalue weighted by molar-refractivity contribution is -0.125. The molecule has 0 spiro atoms. The summed E-state index contributed by atoms with van der Waals surface area (Å²) < 4.78 is 5.35. The molecule has 0 radical (unpaired) electrons. The Labute approximate surface area is 140 Å². The van der Waals surface area contributed by atoms with E-state index in [1.807, 2.05) is 20.8 Å². The fraction of sp³-hybridized carbons (Fsp3) is 0.600. The fourth-order valence-corrected chi connectivity index (χ4v) is 2.75. The summed E-state index contributed by atoms with van der Waals surface area (Å²) in [6.07, 6.45) is 3.22. The zero-order valence-corrected chi connectivity index (χ0v) is 14.3. The molecule has 7 nitrogen and oxygen atoms in total. The minimum atomic E-state index is -0.962. The fourth-order valence-electron chi connectivity index (χ4n) is 2.60. The summed E-state index contributed by atoms with van der Waals surface area (Å²) in [7, 11) is 0. The number of ether oxygens (including phenoxy) is 1. The average Bonchev–Trinajstić information content (AvgIpc) is 2.45. The number of primary amides is 1. The average molecular weight is 341 g/mol. The Balaban J connectivity index is 2.16. The number of halogens is 1. The summed E-state index contributed by atoms with van der Waals surface area (Å²) in [6, 6.07) is 0. The van der Waals surface area contributed by atoms with Gasteiger partial charge in [-0.05, 0) is 33.6 Å². The minimum absolute atomic E-state index is 0.206. The van der Waals surface area contributed by atoms with Crippen molar-refractivity contribution < 1.29 is 14.3 Å². The summed E-state index contributed by atoms with van der Waals surface area (Å²) in [4.78, 5) is 33.9. The number of rotatable bonds is 2. The molecule has 2 N–H and O–H groups in total. The van der Waals surface area contributed by atoms with Crippen molar-refractivity contribution in [2.75, 3.05) is 13.1 Å². The van der Waals surface area contributed by atoms with Gasteiger partial charge in [-0.2, -0.15) is 0 Å². The van der Waals surface area contributed by atoms with Gasteiger partial charge in [0.25, 0.3) is 0 Å². The second-order valence-corrected chi connectivity index (χ2v) is 7.03. The minimum Gasteiger partial charge on any atom is -0.444 e. The molecule has 0 saturated carbocycles. The highest BCUT2D eigenvalue weighted by Crippen LogP contribution is 2.34.